The summed E-state index contributed by atoms with van der Waals surface area (Å²) < 4.78 is 1.90. The molecule has 4 nitrogen and oxygen atoms in total. The molecule has 0 aromatic carbocycles. The van der Waals surface area contributed by atoms with Crippen molar-refractivity contribution in [3.63, 3.8) is 0 Å². The van der Waals surface area contributed by atoms with E-state index in [1.807, 2.05) is 23.1 Å². The summed E-state index contributed by atoms with van der Waals surface area (Å²) in [5.41, 5.74) is 2.28. The molecule has 0 atom stereocenters. The number of pyridine rings is 1. The second-order valence-corrected chi connectivity index (χ2v) is 4.20. The Kier molecular flexibility index (Phi) is 4.12. The van der Waals surface area contributed by atoms with Gasteiger partial charge in [-0.3, -0.25) is 4.68 Å². The minimum atomic E-state index is 0.516. The van der Waals surface area contributed by atoms with Gasteiger partial charge in [0, 0.05) is 24.5 Å². The first-order valence-corrected chi connectivity index (χ1v) is 5.98. The van der Waals surface area contributed by atoms with Crippen LogP contribution in [0.5, 0.6) is 0 Å². The van der Waals surface area contributed by atoms with Crippen LogP contribution in [0.25, 0.3) is 0 Å². The molecule has 5 heteroatoms. The monoisotopic (exact) mass is 250 g/mol. The number of hydrogen-bond donors (Lipinski definition) is 1. The zero-order chi connectivity index (χ0) is 12.1. The van der Waals surface area contributed by atoms with Crippen LogP contribution in [0.3, 0.4) is 0 Å². The summed E-state index contributed by atoms with van der Waals surface area (Å²) in [6.45, 7) is 4.63. The average Bonchev–Trinajstić information content (AvgIpc) is 2.77. The highest BCUT2D eigenvalue weighted by atomic mass is 35.5. The second kappa shape index (κ2) is 5.80. The van der Waals surface area contributed by atoms with Crippen molar-refractivity contribution in [1.29, 1.82) is 0 Å². The average molecular weight is 251 g/mol. The van der Waals surface area contributed by atoms with Crippen LogP contribution < -0.4 is 5.32 Å². The molecule has 17 heavy (non-hydrogen) atoms. The summed E-state index contributed by atoms with van der Waals surface area (Å²) in [4.78, 5) is 4.04. The van der Waals surface area contributed by atoms with Crippen LogP contribution >= 0.6 is 11.6 Å². The van der Waals surface area contributed by atoms with Gasteiger partial charge in [0.25, 0.3) is 0 Å². The maximum Gasteiger partial charge on any atom is 0.129 e. The maximum absolute atomic E-state index is 5.73. The molecule has 2 aromatic heterocycles. The van der Waals surface area contributed by atoms with Gasteiger partial charge in [0.2, 0.25) is 0 Å². The molecule has 2 heterocycles. The van der Waals surface area contributed by atoms with E-state index in [9.17, 15) is 0 Å². The summed E-state index contributed by atoms with van der Waals surface area (Å²) >= 11 is 5.73. The molecule has 0 aliphatic carbocycles. The first kappa shape index (κ1) is 12.1. The molecule has 1 N–H and O–H groups in total. The third-order valence-corrected chi connectivity index (χ3v) is 2.62. The molecule has 0 saturated heterocycles. The topological polar surface area (TPSA) is 42.7 Å². The smallest absolute Gasteiger partial charge is 0.129 e. The first-order chi connectivity index (χ1) is 8.28. The molecule has 0 saturated carbocycles. The quantitative estimate of drug-likeness (QED) is 0.827. The lowest BCUT2D eigenvalue weighted by atomic mass is 10.3. The summed E-state index contributed by atoms with van der Waals surface area (Å²) in [7, 11) is 0. The van der Waals surface area contributed by atoms with E-state index in [2.05, 4.69) is 22.3 Å². The Morgan fingerprint density at radius 2 is 2.18 bits per heavy atom. The van der Waals surface area contributed by atoms with Gasteiger partial charge in [0.05, 0.1) is 12.7 Å². The lowest BCUT2D eigenvalue weighted by Gasteiger charge is -2.01. The van der Waals surface area contributed by atoms with Crippen LogP contribution in [-0.2, 0) is 13.1 Å². The van der Waals surface area contributed by atoms with Gasteiger partial charge in [0.15, 0.2) is 0 Å². The highest BCUT2D eigenvalue weighted by Crippen LogP contribution is 2.07. The molecule has 90 valence electrons. The molecular weight excluding hydrogens is 236 g/mol. The van der Waals surface area contributed by atoms with Crippen LogP contribution in [0.2, 0.25) is 5.15 Å². The molecule has 2 aromatic rings. The van der Waals surface area contributed by atoms with Crippen molar-refractivity contribution in [2.75, 3.05) is 6.54 Å². The Bertz CT molecular complexity index is 464. The van der Waals surface area contributed by atoms with E-state index in [1.54, 1.807) is 12.3 Å². The molecule has 0 radical (unpaired) electrons. The van der Waals surface area contributed by atoms with E-state index < -0.39 is 0 Å². The molecule has 2 rings (SSSR count). The van der Waals surface area contributed by atoms with E-state index in [0.29, 0.717) is 5.15 Å². The highest BCUT2D eigenvalue weighted by Gasteiger charge is 2.00. The fourth-order valence-electron chi connectivity index (χ4n) is 1.54. The van der Waals surface area contributed by atoms with E-state index in [-0.39, 0.29) is 0 Å². The van der Waals surface area contributed by atoms with Gasteiger partial charge < -0.3 is 5.32 Å². The van der Waals surface area contributed by atoms with Gasteiger partial charge in [-0.15, -0.1) is 0 Å². The lowest BCUT2D eigenvalue weighted by molar-refractivity contribution is 0.681. The van der Waals surface area contributed by atoms with Crippen molar-refractivity contribution < 1.29 is 0 Å². The molecule has 0 spiro atoms. The Morgan fingerprint density at radius 1 is 1.29 bits per heavy atom. The third kappa shape index (κ3) is 3.54. The van der Waals surface area contributed by atoms with Crippen LogP contribution in [-0.4, -0.2) is 21.3 Å². The summed E-state index contributed by atoms with van der Waals surface area (Å²) in [5, 5.41) is 8.08. The number of nitrogens with zero attached hydrogens (tertiary/aromatic N) is 3. The summed E-state index contributed by atoms with van der Waals surface area (Å²) in [5.74, 6) is 0. The highest BCUT2D eigenvalue weighted by molar-refractivity contribution is 6.29. The standard InChI is InChI=1S/C12H15ClN4/c1-2-14-5-11-7-16-17(9-11)8-10-3-4-12(13)15-6-10/h3-4,6-7,9,14H,2,5,8H2,1H3. The lowest BCUT2D eigenvalue weighted by Crippen LogP contribution is -2.11. The maximum atomic E-state index is 5.73. The predicted molar refractivity (Wildman–Crippen MR) is 68.0 cm³/mol. The van der Waals surface area contributed by atoms with E-state index in [1.165, 1.54) is 5.56 Å². The molecule has 0 aliphatic heterocycles. The third-order valence-electron chi connectivity index (χ3n) is 2.40. The second-order valence-electron chi connectivity index (χ2n) is 3.82. The Hall–Kier alpha value is -1.39. The zero-order valence-corrected chi connectivity index (χ0v) is 10.5. The van der Waals surface area contributed by atoms with E-state index in [4.69, 9.17) is 11.6 Å². The van der Waals surface area contributed by atoms with Gasteiger partial charge in [-0.05, 0) is 18.2 Å². The van der Waals surface area contributed by atoms with Crippen LogP contribution in [0.4, 0.5) is 0 Å². The molecule has 0 bridgehead atoms. The minimum Gasteiger partial charge on any atom is -0.313 e. The number of halogens is 1. The largest absolute Gasteiger partial charge is 0.313 e. The Balaban J connectivity index is 1.98. The Morgan fingerprint density at radius 3 is 2.88 bits per heavy atom. The van der Waals surface area contributed by atoms with Gasteiger partial charge in [-0.25, -0.2) is 4.98 Å². The first-order valence-electron chi connectivity index (χ1n) is 5.60. The molecule has 0 fully saturated rings. The number of hydrogen-bond acceptors (Lipinski definition) is 3. The van der Waals surface area contributed by atoms with Crippen molar-refractivity contribution in [3.05, 3.63) is 47.0 Å². The van der Waals surface area contributed by atoms with Gasteiger partial charge >= 0.3 is 0 Å². The van der Waals surface area contributed by atoms with E-state index in [0.717, 1.165) is 25.2 Å². The fourth-order valence-corrected chi connectivity index (χ4v) is 1.65. The minimum absolute atomic E-state index is 0.516. The van der Waals surface area contributed by atoms with Crippen molar-refractivity contribution in [2.45, 2.75) is 20.0 Å². The van der Waals surface area contributed by atoms with Crippen LogP contribution in [0.15, 0.2) is 30.7 Å². The van der Waals surface area contributed by atoms with Gasteiger partial charge in [-0.2, -0.15) is 5.10 Å². The summed E-state index contributed by atoms with van der Waals surface area (Å²) in [6, 6.07) is 3.75. The Labute approximate surface area is 106 Å². The van der Waals surface area contributed by atoms with Crippen molar-refractivity contribution >= 4 is 11.6 Å². The number of nitrogens with one attached hydrogen (secondary N) is 1. The normalized spacial score (nSPS) is 10.7. The molecule has 0 aliphatic rings. The number of rotatable bonds is 5. The summed E-state index contributed by atoms with van der Waals surface area (Å²) in [6.07, 6.45) is 5.69. The fraction of sp³-hybridized carbons (Fsp3) is 0.333. The van der Waals surface area contributed by atoms with Gasteiger partial charge in [-0.1, -0.05) is 24.6 Å². The number of aromatic nitrogens is 3. The van der Waals surface area contributed by atoms with Crippen molar-refractivity contribution in [2.24, 2.45) is 0 Å². The molecular formula is C12H15ClN4. The van der Waals surface area contributed by atoms with Crippen molar-refractivity contribution in [1.82, 2.24) is 20.1 Å². The SMILES string of the molecule is CCNCc1cnn(Cc2ccc(Cl)nc2)c1. The van der Waals surface area contributed by atoms with Gasteiger partial charge in [0.1, 0.15) is 5.15 Å². The van der Waals surface area contributed by atoms with Crippen LogP contribution in [0.1, 0.15) is 18.1 Å². The van der Waals surface area contributed by atoms with Crippen molar-refractivity contribution in [3.8, 4) is 0 Å². The zero-order valence-electron chi connectivity index (χ0n) is 9.73. The predicted octanol–water partition coefficient (Wildman–Crippen LogP) is 2.09. The van der Waals surface area contributed by atoms with E-state index >= 15 is 0 Å². The molecule has 0 amide bonds. The van der Waals surface area contributed by atoms with Crippen LogP contribution in [0, 0.1) is 0 Å². The molecule has 0 unspecified atom stereocenters.